The van der Waals surface area contributed by atoms with Crippen LogP contribution in [0.3, 0.4) is 0 Å². The molecule has 0 saturated carbocycles. The van der Waals surface area contributed by atoms with Crippen LogP contribution in [0.5, 0.6) is 0 Å². The minimum atomic E-state index is -3.57. The van der Waals surface area contributed by atoms with Gasteiger partial charge >= 0.3 is 0 Å². The summed E-state index contributed by atoms with van der Waals surface area (Å²) < 4.78 is 28.0. The van der Waals surface area contributed by atoms with Gasteiger partial charge in [-0.25, -0.2) is 18.1 Å². The standard InChI is InChI=1S/C13H16BrN3O2S2/c1-9-6-10(8-15)7-11(13(9)14)21(18,19)17-3-2-12-16-4-5-20-12/h4-7,17H,2-3,8,15H2,1H3. The number of sulfonamides is 1. The maximum atomic E-state index is 12.4. The first kappa shape index (κ1) is 16.6. The SMILES string of the molecule is Cc1cc(CN)cc(S(=O)(=O)NCCc2nccs2)c1Br. The average Bonchev–Trinajstić information content (AvgIpc) is 2.94. The van der Waals surface area contributed by atoms with Crippen LogP contribution >= 0.6 is 27.3 Å². The molecule has 2 rings (SSSR count). The number of benzene rings is 1. The lowest BCUT2D eigenvalue weighted by molar-refractivity contribution is 0.581. The molecule has 0 unspecified atom stereocenters. The van der Waals surface area contributed by atoms with Crippen molar-refractivity contribution in [2.24, 2.45) is 5.73 Å². The zero-order valence-corrected chi connectivity index (χ0v) is 14.7. The smallest absolute Gasteiger partial charge is 0.241 e. The van der Waals surface area contributed by atoms with Crippen LogP contribution < -0.4 is 10.5 Å². The van der Waals surface area contributed by atoms with Crippen LogP contribution in [0, 0.1) is 6.92 Å². The fraction of sp³-hybridized carbons (Fsp3) is 0.308. The Hall–Kier alpha value is -0.800. The molecule has 0 amide bonds. The van der Waals surface area contributed by atoms with Crippen molar-refractivity contribution in [3.63, 3.8) is 0 Å². The fourth-order valence-corrected chi connectivity index (χ4v) is 4.59. The van der Waals surface area contributed by atoms with Gasteiger partial charge in [0.15, 0.2) is 0 Å². The van der Waals surface area contributed by atoms with E-state index in [0.29, 0.717) is 24.0 Å². The molecule has 0 aliphatic rings. The Bertz CT molecular complexity index is 715. The summed E-state index contributed by atoms with van der Waals surface area (Å²) in [6.07, 6.45) is 2.28. The van der Waals surface area contributed by atoms with Crippen LogP contribution in [-0.2, 0) is 23.0 Å². The van der Waals surface area contributed by atoms with E-state index in [1.165, 1.54) is 11.3 Å². The molecular weight excluding hydrogens is 374 g/mol. The number of nitrogens with zero attached hydrogens (tertiary/aromatic N) is 1. The molecule has 21 heavy (non-hydrogen) atoms. The minimum Gasteiger partial charge on any atom is -0.326 e. The first-order valence-corrected chi connectivity index (χ1v) is 9.46. The lowest BCUT2D eigenvalue weighted by Crippen LogP contribution is -2.26. The highest BCUT2D eigenvalue weighted by molar-refractivity contribution is 9.10. The van der Waals surface area contributed by atoms with E-state index < -0.39 is 10.0 Å². The maximum absolute atomic E-state index is 12.4. The number of nitrogens with two attached hydrogens (primary N) is 1. The number of thiazole rings is 1. The monoisotopic (exact) mass is 389 g/mol. The lowest BCUT2D eigenvalue weighted by atomic mass is 10.1. The molecule has 1 heterocycles. The molecule has 0 saturated heterocycles. The summed E-state index contributed by atoms with van der Waals surface area (Å²) >= 11 is 4.85. The molecule has 2 aromatic rings. The van der Waals surface area contributed by atoms with Crippen molar-refractivity contribution in [3.8, 4) is 0 Å². The van der Waals surface area contributed by atoms with Crippen molar-refractivity contribution in [1.82, 2.24) is 9.71 Å². The number of hydrogen-bond donors (Lipinski definition) is 2. The molecule has 114 valence electrons. The van der Waals surface area contributed by atoms with Crippen LogP contribution in [0.2, 0.25) is 0 Å². The van der Waals surface area contributed by atoms with Crippen molar-refractivity contribution in [3.05, 3.63) is 44.3 Å². The molecule has 0 fully saturated rings. The van der Waals surface area contributed by atoms with Crippen LogP contribution in [0.4, 0.5) is 0 Å². The predicted molar refractivity (Wildman–Crippen MR) is 87.8 cm³/mol. The van der Waals surface area contributed by atoms with Gasteiger partial charge in [-0.2, -0.15) is 0 Å². The molecule has 1 aromatic carbocycles. The van der Waals surface area contributed by atoms with Gasteiger partial charge in [-0.05, 0) is 40.0 Å². The normalized spacial score (nSPS) is 11.8. The molecular formula is C13H16BrN3O2S2. The largest absolute Gasteiger partial charge is 0.326 e. The predicted octanol–water partition coefficient (Wildman–Crippen LogP) is 2.19. The fourth-order valence-electron chi connectivity index (χ4n) is 1.87. The molecule has 8 heteroatoms. The molecule has 0 radical (unpaired) electrons. The number of aromatic nitrogens is 1. The summed E-state index contributed by atoms with van der Waals surface area (Å²) in [5, 5.41) is 2.78. The summed E-state index contributed by atoms with van der Waals surface area (Å²) in [7, 11) is -3.57. The molecule has 0 aliphatic carbocycles. The Kier molecular flexibility index (Phi) is 5.50. The van der Waals surface area contributed by atoms with E-state index in [1.807, 2.05) is 18.4 Å². The molecule has 3 N–H and O–H groups in total. The lowest BCUT2D eigenvalue weighted by Gasteiger charge is -2.11. The second kappa shape index (κ2) is 6.97. The number of halogens is 1. The van der Waals surface area contributed by atoms with Crippen LogP contribution in [0.25, 0.3) is 0 Å². The van der Waals surface area contributed by atoms with Gasteiger partial charge in [0.1, 0.15) is 0 Å². The Morgan fingerprint density at radius 3 is 2.81 bits per heavy atom. The second-order valence-electron chi connectivity index (χ2n) is 4.50. The van der Waals surface area contributed by atoms with Gasteiger partial charge in [-0.1, -0.05) is 6.07 Å². The number of rotatable bonds is 6. The first-order chi connectivity index (χ1) is 9.94. The topological polar surface area (TPSA) is 85.1 Å². The summed E-state index contributed by atoms with van der Waals surface area (Å²) in [5.74, 6) is 0. The van der Waals surface area contributed by atoms with Crippen molar-refractivity contribution in [2.45, 2.75) is 24.8 Å². The van der Waals surface area contributed by atoms with Gasteiger partial charge in [0.2, 0.25) is 10.0 Å². The highest BCUT2D eigenvalue weighted by Gasteiger charge is 2.19. The zero-order chi connectivity index (χ0) is 15.5. The summed E-state index contributed by atoms with van der Waals surface area (Å²) in [5.41, 5.74) is 7.24. The molecule has 0 bridgehead atoms. The Balaban J connectivity index is 2.17. The van der Waals surface area contributed by atoms with Crippen molar-refractivity contribution < 1.29 is 8.42 Å². The van der Waals surface area contributed by atoms with Crippen LogP contribution in [0.15, 0.2) is 33.1 Å². The Labute approximate surface area is 136 Å². The van der Waals surface area contributed by atoms with Gasteiger partial charge in [-0.15, -0.1) is 11.3 Å². The number of nitrogens with one attached hydrogen (secondary N) is 1. The number of aryl methyl sites for hydroxylation is 1. The van der Waals surface area contributed by atoms with E-state index in [9.17, 15) is 8.42 Å². The Morgan fingerprint density at radius 2 is 2.19 bits per heavy atom. The van der Waals surface area contributed by atoms with E-state index in [2.05, 4.69) is 25.6 Å². The minimum absolute atomic E-state index is 0.224. The first-order valence-electron chi connectivity index (χ1n) is 6.31. The zero-order valence-electron chi connectivity index (χ0n) is 11.5. The number of hydrogen-bond acceptors (Lipinski definition) is 5. The summed E-state index contributed by atoms with van der Waals surface area (Å²) in [4.78, 5) is 4.35. The third kappa shape index (κ3) is 4.10. The molecule has 0 aliphatic heterocycles. The summed E-state index contributed by atoms with van der Waals surface area (Å²) in [6, 6.07) is 3.47. The van der Waals surface area contributed by atoms with Crippen molar-refractivity contribution >= 4 is 37.3 Å². The second-order valence-corrected chi connectivity index (χ2v) is 8.01. The molecule has 0 atom stereocenters. The quantitative estimate of drug-likeness (QED) is 0.792. The average molecular weight is 390 g/mol. The third-order valence-corrected chi connectivity index (χ3v) is 6.56. The van der Waals surface area contributed by atoms with E-state index >= 15 is 0 Å². The highest BCUT2D eigenvalue weighted by atomic mass is 79.9. The summed E-state index contributed by atoms with van der Waals surface area (Å²) in [6.45, 7) is 2.46. The molecule has 0 spiro atoms. The van der Waals surface area contributed by atoms with E-state index in [-0.39, 0.29) is 4.90 Å². The van der Waals surface area contributed by atoms with Gasteiger partial charge in [-0.3, -0.25) is 0 Å². The van der Waals surface area contributed by atoms with Gasteiger partial charge < -0.3 is 5.73 Å². The maximum Gasteiger partial charge on any atom is 0.241 e. The van der Waals surface area contributed by atoms with Crippen molar-refractivity contribution in [2.75, 3.05) is 6.54 Å². The van der Waals surface area contributed by atoms with E-state index in [1.54, 1.807) is 12.3 Å². The van der Waals surface area contributed by atoms with Crippen molar-refractivity contribution in [1.29, 1.82) is 0 Å². The van der Waals surface area contributed by atoms with E-state index in [4.69, 9.17) is 5.73 Å². The molecule has 1 aromatic heterocycles. The third-order valence-electron chi connectivity index (χ3n) is 2.92. The van der Waals surface area contributed by atoms with E-state index in [0.717, 1.165) is 16.1 Å². The highest BCUT2D eigenvalue weighted by Crippen LogP contribution is 2.27. The van der Waals surface area contributed by atoms with Crippen LogP contribution in [0.1, 0.15) is 16.1 Å². The Morgan fingerprint density at radius 1 is 1.43 bits per heavy atom. The van der Waals surface area contributed by atoms with Gasteiger partial charge in [0.25, 0.3) is 0 Å². The van der Waals surface area contributed by atoms with Gasteiger partial charge in [0.05, 0.1) is 9.90 Å². The van der Waals surface area contributed by atoms with Crippen LogP contribution in [-0.4, -0.2) is 19.9 Å². The van der Waals surface area contributed by atoms with Gasteiger partial charge in [0, 0.05) is 35.6 Å². The molecule has 5 nitrogen and oxygen atoms in total.